The highest BCUT2D eigenvalue weighted by Crippen LogP contribution is 2.24. The van der Waals surface area contributed by atoms with Crippen LogP contribution in [0.5, 0.6) is 0 Å². The minimum atomic E-state index is -3.11. The Bertz CT molecular complexity index is 1000. The van der Waals surface area contributed by atoms with Crippen molar-refractivity contribution in [2.24, 2.45) is 10.2 Å². The van der Waals surface area contributed by atoms with Crippen molar-refractivity contribution in [2.75, 3.05) is 11.5 Å². The van der Waals surface area contributed by atoms with Crippen LogP contribution >= 0.6 is 0 Å². The first-order chi connectivity index (χ1) is 11.8. The van der Waals surface area contributed by atoms with Gasteiger partial charge in [-0.05, 0) is 37.6 Å². The summed E-state index contributed by atoms with van der Waals surface area (Å²) in [6.07, 6.45) is 0.384. The summed E-state index contributed by atoms with van der Waals surface area (Å²) in [5.74, 6) is -1.05. The molecule has 132 valence electrons. The quantitative estimate of drug-likeness (QED) is 0.800. The molecule has 1 aromatic heterocycles. The molecule has 1 saturated heterocycles. The molecule has 1 aliphatic rings. The van der Waals surface area contributed by atoms with Crippen LogP contribution in [0.2, 0.25) is 0 Å². The Labute approximate surface area is 142 Å². The van der Waals surface area contributed by atoms with Gasteiger partial charge in [-0.3, -0.25) is 9.89 Å². The van der Waals surface area contributed by atoms with Crippen LogP contribution in [0.4, 0.5) is 11.4 Å². The zero-order valence-corrected chi connectivity index (χ0v) is 14.2. The van der Waals surface area contributed by atoms with Gasteiger partial charge in [0, 0.05) is 0 Å². The van der Waals surface area contributed by atoms with E-state index in [-0.39, 0.29) is 22.8 Å². The molecule has 2 N–H and O–H groups in total. The van der Waals surface area contributed by atoms with Gasteiger partial charge in [-0.2, -0.15) is 5.11 Å². The summed E-state index contributed by atoms with van der Waals surface area (Å²) < 4.78 is 24.5. The van der Waals surface area contributed by atoms with Gasteiger partial charge in [0.25, 0.3) is 5.56 Å². The molecule has 9 nitrogen and oxygen atoms in total. The van der Waals surface area contributed by atoms with Gasteiger partial charge >= 0.3 is 5.97 Å². The van der Waals surface area contributed by atoms with Crippen molar-refractivity contribution >= 4 is 27.2 Å². The van der Waals surface area contributed by atoms with E-state index in [2.05, 4.69) is 15.3 Å². The lowest BCUT2D eigenvalue weighted by atomic mass is 10.2. The Morgan fingerprint density at radius 1 is 1.28 bits per heavy atom. The van der Waals surface area contributed by atoms with E-state index in [1.54, 1.807) is 6.92 Å². The van der Waals surface area contributed by atoms with Crippen molar-refractivity contribution in [1.29, 1.82) is 0 Å². The molecule has 3 rings (SSSR count). The fourth-order valence-electron chi connectivity index (χ4n) is 2.69. The standard InChI is InChI=1S/C15H16N4O5S/c1-9-13(17-16-11-4-2-10(3-5-11)15(21)22)14(20)19(18-9)12-6-7-25(23,24)8-12/h2-5,12,18H,6-8H2,1H3,(H,21,22). The molecule has 2 aromatic rings. The number of hydrogen-bond donors (Lipinski definition) is 2. The summed E-state index contributed by atoms with van der Waals surface area (Å²) in [7, 11) is -3.11. The van der Waals surface area contributed by atoms with Crippen molar-refractivity contribution in [3.05, 3.63) is 45.9 Å². The van der Waals surface area contributed by atoms with Crippen molar-refractivity contribution < 1.29 is 18.3 Å². The highest BCUT2D eigenvalue weighted by molar-refractivity contribution is 7.91. The predicted molar refractivity (Wildman–Crippen MR) is 89.7 cm³/mol. The third kappa shape index (κ3) is 3.53. The monoisotopic (exact) mass is 364 g/mol. The number of H-pyrrole nitrogens is 1. The van der Waals surface area contributed by atoms with Gasteiger partial charge in [0.2, 0.25) is 0 Å². The fourth-order valence-corrected chi connectivity index (χ4v) is 4.39. The lowest BCUT2D eigenvalue weighted by Crippen LogP contribution is -2.23. The number of azo groups is 1. The number of hydrogen-bond acceptors (Lipinski definition) is 6. The number of rotatable bonds is 4. The lowest BCUT2D eigenvalue weighted by Gasteiger charge is -2.07. The van der Waals surface area contributed by atoms with Crippen LogP contribution in [-0.2, 0) is 9.84 Å². The predicted octanol–water partition coefficient (Wildman–Crippen LogP) is 1.96. The molecule has 1 atom stereocenters. The maximum Gasteiger partial charge on any atom is 0.335 e. The van der Waals surface area contributed by atoms with Crippen LogP contribution in [-0.4, -0.2) is 40.8 Å². The molecular formula is C15H16N4O5S. The average Bonchev–Trinajstić information content (AvgIpc) is 3.05. The Kier molecular flexibility index (Phi) is 4.29. The summed E-state index contributed by atoms with van der Waals surface area (Å²) in [6, 6.07) is 5.33. The number of nitrogens with one attached hydrogen (secondary N) is 1. The zero-order valence-electron chi connectivity index (χ0n) is 13.3. The number of aromatic carboxylic acids is 1. The van der Waals surface area contributed by atoms with E-state index in [9.17, 15) is 18.0 Å². The van der Waals surface area contributed by atoms with E-state index in [0.717, 1.165) is 0 Å². The van der Waals surface area contributed by atoms with Gasteiger partial charge in [-0.1, -0.05) is 0 Å². The van der Waals surface area contributed by atoms with Crippen molar-refractivity contribution in [2.45, 2.75) is 19.4 Å². The third-order valence-corrected chi connectivity index (χ3v) is 5.77. The van der Waals surface area contributed by atoms with Crippen LogP contribution in [0, 0.1) is 6.92 Å². The largest absolute Gasteiger partial charge is 0.478 e. The van der Waals surface area contributed by atoms with Gasteiger partial charge in [0.05, 0.1) is 34.5 Å². The summed E-state index contributed by atoms with van der Waals surface area (Å²) in [5.41, 5.74) is 0.693. The lowest BCUT2D eigenvalue weighted by molar-refractivity contribution is 0.0697. The first-order valence-electron chi connectivity index (χ1n) is 7.53. The number of sulfone groups is 1. The second kappa shape index (κ2) is 6.28. The first-order valence-corrected chi connectivity index (χ1v) is 9.35. The first kappa shape index (κ1) is 17.1. The molecule has 2 heterocycles. The second-order valence-corrected chi connectivity index (χ2v) is 8.10. The van der Waals surface area contributed by atoms with Gasteiger partial charge in [0.15, 0.2) is 15.5 Å². The van der Waals surface area contributed by atoms with Crippen LogP contribution in [0.25, 0.3) is 0 Å². The number of aromatic nitrogens is 2. The number of carbonyl (C=O) groups is 1. The molecule has 1 unspecified atom stereocenters. The smallest absolute Gasteiger partial charge is 0.335 e. The molecule has 25 heavy (non-hydrogen) atoms. The molecule has 10 heteroatoms. The summed E-state index contributed by atoms with van der Waals surface area (Å²) in [5, 5.41) is 19.6. The number of aromatic amines is 1. The van der Waals surface area contributed by atoms with E-state index in [0.29, 0.717) is 17.8 Å². The summed E-state index contributed by atoms with van der Waals surface area (Å²) in [6.45, 7) is 1.66. The van der Waals surface area contributed by atoms with Crippen LogP contribution < -0.4 is 5.56 Å². The summed E-state index contributed by atoms with van der Waals surface area (Å²) >= 11 is 0. The van der Waals surface area contributed by atoms with E-state index >= 15 is 0 Å². The minimum absolute atomic E-state index is 0.0644. The van der Waals surface area contributed by atoms with E-state index in [1.165, 1.54) is 28.9 Å². The molecule has 0 saturated carbocycles. The van der Waals surface area contributed by atoms with Gasteiger partial charge in [-0.15, -0.1) is 5.11 Å². The Morgan fingerprint density at radius 3 is 2.52 bits per heavy atom. The van der Waals surface area contributed by atoms with E-state index < -0.39 is 27.4 Å². The van der Waals surface area contributed by atoms with Crippen molar-refractivity contribution in [1.82, 2.24) is 9.78 Å². The number of nitrogens with zero attached hydrogens (tertiary/aromatic N) is 3. The minimum Gasteiger partial charge on any atom is -0.478 e. The Morgan fingerprint density at radius 2 is 1.96 bits per heavy atom. The molecule has 1 aliphatic heterocycles. The van der Waals surface area contributed by atoms with Crippen LogP contribution in [0.15, 0.2) is 39.3 Å². The van der Waals surface area contributed by atoms with E-state index in [1.807, 2.05) is 0 Å². The van der Waals surface area contributed by atoms with Crippen molar-refractivity contribution in [3.63, 3.8) is 0 Å². The van der Waals surface area contributed by atoms with Gasteiger partial charge < -0.3 is 5.11 Å². The van der Waals surface area contributed by atoms with Crippen LogP contribution in [0.1, 0.15) is 28.5 Å². The number of carboxylic acids is 1. The van der Waals surface area contributed by atoms with Gasteiger partial charge in [0.1, 0.15) is 0 Å². The number of benzene rings is 1. The van der Waals surface area contributed by atoms with E-state index in [4.69, 9.17) is 5.11 Å². The highest BCUT2D eigenvalue weighted by Gasteiger charge is 2.31. The molecule has 0 spiro atoms. The zero-order chi connectivity index (χ0) is 18.2. The average molecular weight is 364 g/mol. The number of carboxylic acid groups (broad SMARTS) is 1. The second-order valence-electron chi connectivity index (χ2n) is 5.87. The fraction of sp³-hybridized carbons (Fsp3) is 0.333. The Hall–Kier alpha value is -2.75. The SMILES string of the molecule is Cc1[nH]n(C2CCS(=O)(=O)C2)c(=O)c1N=Nc1ccc(C(=O)O)cc1. The molecule has 0 radical (unpaired) electrons. The molecule has 0 bridgehead atoms. The molecular weight excluding hydrogens is 348 g/mol. The number of aryl methyl sites for hydroxylation is 1. The third-order valence-electron chi connectivity index (χ3n) is 4.02. The molecule has 0 amide bonds. The van der Waals surface area contributed by atoms with Crippen LogP contribution in [0.3, 0.4) is 0 Å². The maximum atomic E-state index is 12.5. The Balaban J connectivity index is 1.86. The highest BCUT2D eigenvalue weighted by atomic mass is 32.2. The molecule has 1 fully saturated rings. The summed E-state index contributed by atoms with van der Waals surface area (Å²) in [4.78, 5) is 23.3. The topological polar surface area (TPSA) is 134 Å². The van der Waals surface area contributed by atoms with Gasteiger partial charge in [-0.25, -0.2) is 17.9 Å². The molecule has 0 aliphatic carbocycles. The van der Waals surface area contributed by atoms with Crippen molar-refractivity contribution in [3.8, 4) is 0 Å². The normalized spacial score (nSPS) is 19.5. The maximum absolute atomic E-state index is 12.5. The molecule has 1 aromatic carbocycles.